The van der Waals surface area contributed by atoms with Gasteiger partial charge in [-0.15, -0.1) is 0 Å². The van der Waals surface area contributed by atoms with Crippen LogP contribution in [0.25, 0.3) is 11.0 Å². The fraction of sp³-hybridized carbons (Fsp3) is 0.462. The van der Waals surface area contributed by atoms with Crippen molar-refractivity contribution in [3.63, 3.8) is 0 Å². The van der Waals surface area contributed by atoms with Gasteiger partial charge in [-0.25, -0.2) is 9.78 Å². The van der Waals surface area contributed by atoms with Crippen LogP contribution >= 0.6 is 0 Å². The Hall–Kier alpha value is -2.11. The van der Waals surface area contributed by atoms with Crippen LogP contribution in [0.5, 0.6) is 0 Å². The molecule has 0 bridgehead atoms. The van der Waals surface area contributed by atoms with E-state index in [9.17, 15) is 9.90 Å². The molecule has 0 radical (unpaired) electrons. The number of carboxylic acids is 1. The van der Waals surface area contributed by atoms with Gasteiger partial charge in [-0.05, 0) is 26.8 Å². The summed E-state index contributed by atoms with van der Waals surface area (Å²) in [5.74, 6) is -0.839. The number of aryl methyl sites for hydroxylation is 2. The number of hydrogen-bond acceptors (Lipinski definition) is 4. The highest BCUT2D eigenvalue weighted by atomic mass is 16.4. The van der Waals surface area contributed by atoms with Gasteiger partial charge in [0.15, 0.2) is 5.65 Å². The minimum Gasteiger partial charge on any atom is -0.480 e. The van der Waals surface area contributed by atoms with Gasteiger partial charge >= 0.3 is 5.97 Å². The maximum atomic E-state index is 11.2. The van der Waals surface area contributed by atoms with Crippen LogP contribution in [0.15, 0.2) is 12.3 Å². The normalized spacial score (nSPS) is 12.6. The summed E-state index contributed by atoms with van der Waals surface area (Å²) < 4.78 is 1.72. The summed E-state index contributed by atoms with van der Waals surface area (Å²) in [6, 6.07) is 1.26. The number of likely N-dealkylation sites (N-methyl/N-ethyl adjacent to an activating group) is 1. The van der Waals surface area contributed by atoms with Crippen LogP contribution in [0.4, 0.5) is 5.69 Å². The van der Waals surface area contributed by atoms with E-state index in [0.717, 1.165) is 22.4 Å². The molecule has 0 aliphatic carbocycles. The molecule has 0 saturated carbocycles. The number of fused-ring (bicyclic) bond motifs is 1. The molecular formula is C13H18N4O2. The van der Waals surface area contributed by atoms with E-state index in [4.69, 9.17) is 0 Å². The summed E-state index contributed by atoms with van der Waals surface area (Å²) in [7, 11) is 1.84. The highest BCUT2D eigenvalue weighted by Crippen LogP contribution is 2.29. The first kappa shape index (κ1) is 13.3. The predicted molar refractivity (Wildman–Crippen MR) is 73.4 cm³/mol. The van der Waals surface area contributed by atoms with Crippen LogP contribution in [0.1, 0.15) is 19.5 Å². The van der Waals surface area contributed by atoms with Gasteiger partial charge in [0.1, 0.15) is 6.04 Å². The van der Waals surface area contributed by atoms with Gasteiger partial charge in [-0.3, -0.25) is 4.68 Å². The molecule has 1 atom stereocenters. The molecule has 102 valence electrons. The zero-order chi connectivity index (χ0) is 14.2. The molecule has 2 aromatic rings. The Labute approximate surface area is 111 Å². The van der Waals surface area contributed by atoms with E-state index in [1.54, 1.807) is 17.8 Å². The second-order valence-corrected chi connectivity index (χ2v) is 4.54. The molecule has 0 saturated heterocycles. The number of carbonyl (C=O) groups is 1. The molecule has 6 nitrogen and oxygen atoms in total. The van der Waals surface area contributed by atoms with Crippen LogP contribution in [0.2, 0.25) is 0 Å². The van der Waals surface area contributed by atoms with Crippen molar-refractivity contribution >= 4 is 22.7 Å². The van der Waals surface area contributed by atoms with Crippen molar-refractivity contribution in [1.82, 2.24) is 14.8 Å². The van der Waals surface area contributed by atoms with Crippen molar-refractivity contribution in [3.05, 3.63) is 18.0 Å². The van der Waals surface area contributed by atoms with E-state index in [1.807, 2.05) is 31.9 Å². The third kappa shape index (κ3) is 2.14. The van der Waals surface area contributed by atoms with E-state index in [2.05, 4.69) is 10.1 Å². The summed E-state index contributed by atoms with van der Waals surface area (Å²) in [5, 5.41) is 14.5. The molecule has 0 amide bonds. The minimum atomic E-state index is -0.839. The van der Waals surface area contributed by atoms with Crippen molar-refractivity contribution in [2.75, 3.05) is 11.4 Å². The van der Waals surface area contributed by atoms with E-state index in [0.29, 0.717) is 6.54 Å². The Morgan fingerprint density at radius 1 is 1.58 bits per heavy atom. The molecule has 6 heteroatoms. The van der Waals surface area contributed by atoms with Crippen LogP contribution in [0.3, 0.4) is 0 Å². The third-order valence-corrected chi connectivity index (χ3v) is 3.35. The number of pyridine rings is 1. The maximum absolute atomic E-state index is 11.2. The molecule has 2 aromatic heterocycles. The molecule has 19 heavy (non-hydrogen) atoms. The van der Waals surface area contributed by atoms with Gasteiger partial charge in [0.2, 0.25) is 0 Å². The Bertz CT molecular complexity index is 620. The second kappa shape index (κ2) is 4.87. The topological polar surface area (TPSA) is 71.2 Å². The molecule has 0 fully saturated rings. The lowest BCUT2D eigenvalue weighted by Crippen LogP contribution is -2.39. The number of rotatable bonds is 4. The predicted octanol–water partition coefficient (Wildman–Crippen LogP) is 1.58. The van der Waals surface area contributed by atoms with Gasteiger partial charge in [0, 0.05) is 19.8 Å². The zero-order valence-corrected chi connectivity index (χ0v) is 11.6. The van der Waals surface area contributed by atoms with Crippen molar-refractivity contribution in [3.8, 4) is 0 Å². The van der Waals surface area contributed by atoms with Gasteiger partial charge in [-0.2, -0.15) is 5.10 Å². The first-order chi connectivity index (χ1) is 8.97. The van der Waals surface area contributed by atoms with Gasteiger partial charge in [0.05, 0.1) is 16.8 Å². The summed E-state index contributed by atoms with van der Waals surface area (Å²) in [5.41, 5.74) is 2.50. The lowest BCUT2D eigenvalue weighted by Gasteiger charge is -2.27. The smallest absolute Gasteiger partial charge is 0.326 e. The quantitative estimate of drug-likeness (QED) is 0.905. The molecule has 2 rings (SSSR count). The van der Waals surface area contributed by atoms with Crippen molar-refractivity contribution in [2.45, 2.75) is 26.8 Å². The number of carboxylic acid groups (broad SMARTS) is 1. The van der Waals surface area contributed by atoms with Crippen LogP contribution in [-0.2, 0) is 11.8 Å². The van der Waals surface area contributed by atoms with E-state index < -0.39 is 12.0 Å². The summed E-state index contributed by atoms with van der Waals surface area (Å²) in [4.78, 5) is 17.4. The van der Waals surface area contributed by atoms with Gasteiger partial charge in [-0.1, -0.05) is 0 Å². The Kier molecular flexibility index (Phi) is 3.42. The van der Waals surface area contributed by atoms with Gasteiger partial charge in [0.25, 0.3) is 0 Å². The Morgan fingerprint density at radius 3 is 2.84 bits per heavy atom. The lowest BCUT2D eigenvalue weighted by atomic mass is 10.1. The van der Waals surface area contributed by atoms with Crippen LogP contribution in [-0.4, -0.2) is 38.4 Å². The number of hydrogen-bond donors (Lipinski definition) is 1. The minimum absolute atomic E-state index is 0.588. The highest BCUT2D eigenvalue weighted by molar-refractivity contribution is 5.93. The molecule has 0 aliphatic heterocycles. The first-order valence-electron chi connectivity index (χ1n) is 6.25. The lowest BCUT2D eigenvalue weighted by molar-refractivity contribution is -0.138. The maximum Gasteiger partial charge on any atom is 0.326 e. The number of nitrogens with zero attached hydrogens (tertiary/aromatic N) is 4. The fourth-order valence-electron chi connectivity index (χ4n) is 2.38. The van der Waals surface area contributed by atoms with E-state index in [-0.39, 0.29) is 0 Å². The summed E-state index contributed by atoms with van der Waals surface area (Å²) >= 11 is 0. The highest BCUT2D eigenvalue weighted by Gasteiger charge is 2.23. The Balaban J connectivity index is 2.64. The fourth-order valence-corrected chi connectivity index (χ4v) is 2.38. The number of anilines is 1. The Morgan fingerprint density at radius 2 is 2.26 bits per heavy atom. The standard InChI is InChI=1S/C13H18N4O2/c1-5-17(9(3)13(18)19)10-6-7-14-12-11(10)8(2)15-16(12)4/h6-7,9H,5H2,1-4H3,(H,18,19). The molecule has 1 N–H and O–H groups in total. The molecule has 0 aromatic carbocycles. The van der Waals surface area contributed by atoms with Gasteiger partial charge < -0.3 is 10.0 Å². The average molecular weight is 262 g/mol. The second-order valence-electron chi connectivity index (χ2n) is 4.54. The molecule has 1 unspecified atom stereocenters. The monoisotopic (exact) mass is 262 g/mol. The molecule has 0 spiro atoms. The first-order valence-corrected chi connectivity index (χ1v) is 6.25. The average Bonchev–Trinajstić information content (AvgIpc) is 2.66. The van der Waals surface area contributed by atoms with E-state index >= 15 is 0 Å². The largest absolute Gasteiger partial charge is 0.480 e. The van der Waals surface area contributed by atoms with Crippen molar-refractivity contribution < 1.29 is 9.90 Å². The molecule has 2 heterocycles. The molecule has 0 aliphatic rings. The third-order valence-electron chi connectivity index (χ3n) is 3.35. The summed E-state index contributed by atoms with van der Waals surface area (Å²) in [6.07, 6.45) is 1.69. The number of aliphatic carboxylic acids is 1. The zero-order valence-electron chi connectivity index (χ0n) is 11.6. The van der Waals surface area contributed by atoms with Crippen LogP contribution < -0.4 is 4.90 Å². The SMILES string of the molecule is CCN(c1ccnc2c1c(C)nn2C)C(C)C(=O)O. The van der Waals surface area contributed by atoms with Crippen molar-refractivity contribution in [2.24, 2.45) is 7.05 Å². The van der Waals surface area contributed by atoms with Crippen LogP contribution in [0, 0.1) is 6.92 Å². The van der Waals surface area contributed by atoms with Crippen molar-refractivity contribution in [1.29, 1.82) is 0 Å². The molecular weight excluding hydrogens is 244 g/mol. The number of aromatic nitrogens is 3. The summed E-state index contributed by atoms with van der Waals surface area (Å²) in [6.45, 7) is 6.15. The van der Waals surface area contributed by atoms with E-state index in [1.165, 1.54) is 0 Å².